The van der Waals surface area contributed by atoms with Gasteiger partial charge in [0.05, 0.1) is 38.7 Å². The minimum atomic E-state index is 0.0240. The number of nitrogens with zero attached hydrogens (tertiary/aromatic N) is 2. The van der Waals surface area contributed by atoms with Crippen LogP contribution in [0.2, 0.25) is 0 Å². The lowest BCUT2D eigenvalue weighted by molar-refractivity contribution is -0.944. The van der Waals surface area contributed by atoms with E-state index in [2.05, 4.69) is 71.6 Å². The maximum atomic E-state index is 13.7. The highest BCUT2D eigenvalue weighted by atomic mass is 16.5. The summed E-state index contributed by atoms with van der Waals surface area (Å²) in [5.41, 5.74) is 4.42. The van der Waals surface area contributed by atoms with Gasteiger partial charge in [-0.1, -0.05) is 72.8 Å². The van der Waals surface area contributed by atoms with Crippen molar-refractivity contribution in [2.75, 3.05) is 39.3 Å². The molecule has 0 aromatic heterocycles. The molecule has 4 heteroatoms. The molecule has 1 atom stereocenters. The summed E-state index contributed by atoms with van der Waals surface area (Å²) in [6.45, 7) is 10.8. The van der Waals surface area contributed by atoms with Crippen LogP contribution in [-0.4, -0.2) is 60.7 Å². The molecule has 4 aliphatic heterocycles. The highest BCUT2D eigenvalue weighted by Gasteiger charge is 2.50. The van der Waals surface area contributed by atoms with Crippen LogP contribution in [0.4, 0.5) is 0 Å². The van der Waals surface area contributed by atoms with Crippen molar-refractivity contribution < 1.29 is 14.0 Å². The van der Waals surface area contributed by atoms with Crippen LogP contribution < -0.4 is 4.74 Å². The Balaban J connectivity index is 1.16. The maximum absolute atomic E-state index is 13.7. The third-order valence-corrected chi connectivity index (χ3v) is 10.6. The number of carbonyl (C=O) groups excluding carboxylic acids is 1. The average Bonchev–Trinajstić information content (AvgIpc) is 3.02. The fourth-order valence-corrected chi connectivity index (χ4v) is 8.08. The van der Waals surface area contributed by atoms with Crippen molar-refractivity contribution in [3.8, 4) is 5.75 Å². The largest absolute Gasteiger partial charge is 0.491 e. The van der Waals surface area contributed by atoms with Crippen molar-refractivity contribution in [3.05, 3.63) is 102 Å². The van der Waals surface area contributed by atoms with Crippen molar-refractivity contribution in [2.45, 2.75) is 75.7 Å². The molecule has 0 aliphatic carbocycles. The van der Waals surface area contributed by atoms with Crippen LogP contribution in [0, 0.1) is 0 Å². The van der Waals surface area contributed by atoms with Crippen molar-refractivity contribution >= 4 is 5.91 Å². The number of ether oxygens (including phenoxy) is 1. The van der Waals surface area contributed by atoms with Crippen molar-refractivity contribution in [1.29, 1.82) is 0 Å². The molecule has 4 nitrogen and oxygen atoms in total. The summed E-state index contributed by atoms with van der Waals surface area (Å²) in [5.74, 6) is 1.08. The molecule has 4 heterocycles. The van der Waals surface area contributed by atoms with Gasteiger partial charge in [-0.2, -0.15) is 0 Å². The second kappa shape index (κ2) is 11.6. The zero-order valence-corrected chi connectivity index (χ0v) is 25.1. The molecule has 0 saturated carbocycles. The zero-order valence-electron chi connectivity index (χ0n) is 25.1. The van der Waals surface area contributed by atoms with E-state index in [0.717, 1.165) is 43.7 Å². The van der Waals surface area contributed by atoms with Gasteiger partial charge in [-0.05, 0) is 55.5 Å². The van der Waals surface area contributed by atoms with E-state index in [1.165, 1.54) is 55.5 Å². The van der Waals surface area contributed by atoms with E-state index >= 15 is 0 Å². The standard InChI is InChI=1S/C37H47N2O2/c1-30(2)41-34-16-9-11-31(27-34)28-35(40)38-22-10-17-37(29-38,33-14-7-4-8-15-33)21-26-39-23-18-36(19-24-39,20-25-39)32-12-5-3-6-13-32/h3-9,11-16,27,30H,10,17-26,28-29H2,1-2H3/q+1/t36?,37-,39?/m1/s1. The number of benzene rings is 3. The van der Waals surface area contributed by atoms with Crippen LogP contribution in [-0.2, 0) is 22.0 Å². The molecule has 216 valence electrons. The van der Waals surface area contributed by atoms with Gasteiger partial charge in [0.15, 0.2) is 0 Å². The lowest BCUT2D eigenvalue weighted by Crippen LogP contribution is -2.64. The van der Waals surface area contributed by atoms with E-state index in [1.807, 2.05) is 32.0 Å². The summed E-state index contributed by atoms with van der Waals surface area (Å²) in [5, 5.41) is 0. The van der Waals surface area contributed by atoms with Crippen molar-refractivity contribution in [3.63, 3.8) is 0 Å². The van der Waals surface area contributed by atoms with E-state index in [9.17, 15) is 4.79 Å². The van der Waals surface area contributed by atoms with Gasteiger partial charge in [0.2, 0.25) is 5.91 Å². The molecular formula is C37H47N2O2+. The molecule has 4 aliphatic rings. The summed E-state index contributed by atoms with van der Waals surface area (Å²) in [7, 11) is 0. The minimum absolute atomic E-state index is 0.0240. The predicted octanol–water partition coefficient (Wildman–Crippen LogP) is 6.92. The summed E-state index contributed by atoms with van der Waals surface area (Å²) in [6, 6.07) is 30.5. The van der Waals surface area contributed by atoms with E-state index in [1.54, 1.807) is 5.56 Å². The number of hydrogen-bond donors (Lipinski definition) is 0. The number of hydrogen-bond acceptors (Lipinski definition) is 2. The fourth-order valence-electron chi connectivity index (χ4n) is 8.08. The van der Waals surface area contributed by atoms with Gasteiger partial charge < -0.3 is 14.1 Å². The number of quaternary nitrogens is 1. The average molecular weight is 552 g/mol. The van der Waals surface area contributed by atoms with Gasteiger partial charge in [-0.15, -0.1) is 0 Å². The Kier molecular flexibility index (Phi) is 7.96. The minimum Gasteiger partial charge on any atom is -0.491 e. The van der Waals surface area contributed by atoms with E-state index in [0.29, 0.717) is 11.8 Å². The Bertz CT molecular complexity index is 1300. The van der Waals surface area contributed by atoms with E-state index in [-0.39, 0.29) is 17.4 Å². The lowest BCUT2D eigenvalue weighted by Gasteiger charge is -2.56. The van der Waals surface area contributed by atoms with Crippen LogP contribution in [0.25, 0.3) is 0 Å². The Morgan fingerprint density at radius 2 is 1.51 bits per heavy atom. The third-order valence-electron chi connectivity index (χ3n) is 10.6. The first-order valence-corrected chi connectivity index (χ1v) is 15.9. The Morgan fingerprint density at radius 3 is 2.17 bits per heavy atom. The number of rotatable bonds is 9. The predicted molar refractivity (Wildman–Crippen MR) is 166 cm³/mol. The van der Waals surface area contributed by atoms with Crippen molar-refractivity contribution in [2.24, 2.45) is 0 Å². The van der Waals surface area contributed by atoms with Crippen LogP contribution in [0.5, 0.6) is 5.75 Å². The quantitative estimate of drug-likeness (QED) is 0.270. The fraction of sp³-hybridized carbons (Fsp3) is 0.486. The molecule has 0 radical (unpaired) electrons. The summed E-state index contributed by atoms with van der Waals surface area (Å²) >= 11 is 0. The van der Waals surface area contributed by atoms with E-state index in [4.69, 9.17) is 4.74 Å². The number of amides is 1. The van der Waals surface area contributed by atoms with Crippen LogP contribution >= 0.6 is 0 Å². The lowest BCUT2D eigenvalue weighted by atomic mass is 9.65. The molecule has 7 rings (SSSR count). The molecule has 1 amide bonds. The Labute approximate surface area is 246 Å². The van der Waals surface area contributed by atoms with Gasteiger partial charge >= 0.3 is 0 Å². The number of carbonyl (C=O) groups is 1. The van der Waals surface area contributed by atoms with Crippen LogP contribution in [0.15, 0.2) is 84.9 Å². The van der Waals surface area contributed by atoms with Gasteiger partial charge in [0.1, 0.15) is 5.75 Å². The second-order valence-electron chi connectivity index (χ2n) is 13.4. The highest BCUT2D eigenvalue weighted by molar-refractivity contribution is 5.79. The molecule has 0 N–H and O–H groups in total. The molecule has 2 bridgehead atoms. The smallest absolute Gasteiger partial charge is 0.227 e. The highest BCUT2D eigenvalue weighted by Crippen LogP contribution is 2.47. The SMILES string of the molecule is CC(C)Oc1cccc(CC(=O)N2CCC[C@](CC[N+]34CCC(c5ccccc5)(CC3)CC4)(c3ccccc3)C2)c1. The van der Waals surface area contributed by atoms with Crippen LogP contribution in [0.1, 0.15) is 69.1 Å². The summed E-state index contributed by atoms with van der Waals surface area (Å²) in [4.78, 5) is 15.9. The van der Waals surface area contributed by atoms with Crippen LogP contribution in [0.3, 0.4) is 0 Å². The normalized spacial score (nSPS) is 27.6. The molecule has 41 heavy (non-hydrogen) atoms. The summed E-state index contributed by atoms with van der Waals surface area (Å²) < 4.78 is 7.15. The molecule has 0 spiro atoms. The zero-order chi connectivity index (χ0) is 28.3. The first kappa shape index (κ1) is 28.0. The number of piperidine rings is 4. The number of likely N-dealkylation sites (tertiary alicyclic amines) is 1. The van der Waals surface area contributed by atoms with Gasteiger partial charge in [0, 0.05) is 49.6 Å². The van der Waals surface area contributed by atoms with Gasteiger partial charge in [0.25, 0.3) is 0 Å². The molecule has 0 unspecified atom stereocenters. The van der Waals surface area contributed by atoms with Gasteiger partial charge in [-0.25, -0.2) is 0 Å². The molecular weight excluding hydrogens is 504 g/mol. The Hall–Kier alpha value is -3.11. The third kappa shape index (κ3) is 5.95. The Morgan fingerprint density at radius 1 is 0.854 bits per heavy atom. The molecule has 3 aromatic rings. The summed E-state index contributed by atoms with van der Waals surface area (Å²) in [6.07, 6.45) is 7.84. The molecule has 4 fully saturated rings. The van der Waals surface area contributed by atoms with E-state index < -0.39 is 0 Å². The first-order chi connectivity index (χ1) is 19.9. The van der Waals surface area contributed by atoms with Crippen molar-refractivity contribution in [1.82, 2.24) is 4.90 Å². The number of fused-ring (bicyclic) bond motifs is 3. The molecule has 4 saturated heterocycles. The van der Waals surface area contributed by atoms with Gasteiger partial charge in [-0.3, -0.25) is 4.79 Å². The second-order valence-corrected chi connectivity index (χ2v) is 13.4. The molecule has 3 aromatic carbocycles. The topological polar surface area (TPSA) is 29.5 Å². The monoisotopic (exact) mass is 551 g/mol. The maximum Gasteiger partial charge on any atom is 0.227 e. The first-order valence-electron chi connectivity index (χ1n) is 15.9.